The van der Waals surface area contributed by atoms with Gasteiger partial charge in [0.05, 0.1) is 18.8 Å². The van der Waals surface area contributed by atoms with E-state index >= 15 is 0 Å². The Hall–Kier alpha value is -3.70. The number of hydrogen-bond acceptors (Lipinski definition) is 7. The summed E-state index contributed by atoms with van der Waals surface area (Å²) in [5.41, 5.74) is 4.09. The fourth-order valence-corrected chi connectivity index (χ4v) is 5.66. The van der Waals surface area contributed by atoms with Gasteiger partial charge in [-0.05, 0) is 60.4 Å². The second-order valence-electron chi connectivity index (χ2n) is 10.5. The summed E-state index contributed by atoms with van der Waals surface area (Å²) in [6.07, 6.45) is 2.09. The number of benzene rings is 3. The molecule has 0 bridgehead atoms. The van der Waals surface area contributed by atoms with Crippen molar-refractivity contribution in [3.05, 3.63) is 89.5 Å². The maximum Gasteiger partial charge on any atom is 0.303 e. The molecule has 1 heterocycles. The van der Waals surface area contributed by atoms with Crippen molar-refractivity contribution in [2.75, 3.05) is 16.4 Å². The van der Waals surface area contributed by atoms with E-state index in [1.165, 1.54) is 6.92 Å². The fraction of sp³-hybridized carbons (Fsp3) is 0.364. The number of thioether (sulfide) groups is 1. The first kappa shape index (κ1) is 32.2. The molecule has 43 heavy (non-hydrogen) atoms. The van der Waals surface area contributed by atoms with E-state index in [4.69, 9.17) is 14.6 Å². The maximum atomic E-state index is 12.3. The number of carbonyl (C=O) groups is 3. The Labute approximate surface area is 256 Å². The zero-order valence-corrected chi connectivity index (χ0v) is 25.0. The molecule has 0 aromatic heterocycles. The minimum atomic E-state index is -0.819. The highest BCUT2D eigenvalue weighted by atomic mass is 32.2. The van der Waals surface area contributed by atoms with Crippen molar-refractivity contribution in [3.63, 3.8) is 0 Å². The summed E-state index contributed by atoms with van der Waals surface area (Å²) in [7, 11) is 0. The fourth-order valence-electron chi connectivity index (χ4n) is 4.74. The van der Waals surface area contributed by atoms with Gasteiger partial charge in [0.25, 0.3) is 0 Å². The molecule has 0 aliphatic carbocycles. The Bertz CT molecular complexity index is 1350. The van der Waals surface area contributed by atoms with Crippen molar-refractivity contribution >= 4 is 40.9 Å². The SMILES string of the molecule is CC(=O)Nc1ccc(SCC2CC(c3ccc(CO)cc3)OC(c3ccc(NC(=O)CCCCCC(=O)O)cc3)O2)cc1. The number of aliphatic hydroxyl groups excluding tert-OH is 1. The van der Waals surface area contributed by atoms with Crippen molar-refractivity contribution in [3.8, 4) is 0 Å². The van der Waals surface area contributed by atoms with Gasteiger partial charge in [-0.1, -0.05) is 42.8 Å². The maximum absolute atomic E-state index is 12.3. The monoisotopic (exact) mass is 606 g/mol. The summed E-state index contributed by atoms with van der Waals surface area (Å²) in [6, 6.07) is 22.9. The lowest BCUT2D eigenvalue weighted by atomic mass is 10.0. The van der Waals surface area contributed by atoms with Crippen molar-refractivity contribution in [2.24, 2.45) is 0 Å². The normalized spacial score (nSPS) is 18.1. The van der Waals surface area contributed by atoms with E-state index in [9.17, 15) is 19.5 Å². The Balaban J connectivity index is 1.39. The Morgan fingerprint density at radius 3 is 2.09 bits per heavy atom. The lowest BCUT2D eigenvalue weighted by molar-refractivity contribution is -0.245. The minimum Gasteiger partial charge on any atom is -0.481 e. The van der Waals surface area contributed by atoms with Crippen LogP contribution in [0.15, 0.2) is 77.7 Å². The van der Waals surface area contributed by atoms with Gasteiger partial charge in [-0.3, -0.25) is 14.4 Å². The Kier molecular flexibility index (Phi) is 12.2. The molecule has 2 amide bonds. The predicted octanol–water partition coefficient (Wildman–Crippen LogP) is 6.45. The number of nitrogens with one attached hydrogen (secondary N) is 2. The van der Waals surface area contributed by atoms with Crippen LogP contribution in [0.25, 0.3) is 0 Å². The third-order valence-corrected chi connectivity index (χ3v) is 8.13. The third-order valence-electron chi connectivity index (χ3n) is 6.99. The number of ether oxygens (including phenoxy) is 2. The number of carboxylic acid groups (broad SMARTS) is 1. The number of aliphatic hydroxyl groups is 1. The molecule has 1 saturated heterocycles. The van der Waals surface area contributed by atoms with Crippen LogP contribution in [0, 0.1) is 0 Å². The van der Waals surface area contributed by atoms with E-state index in [1.807, 2.05) is 72.8 Å². The molecule has 0 radical (unpaired) electrons. The number of rotatable bonds is 14. The molecule has 1 aliphatic heterocycles. The highest BCUT2D eigenvalue weighted by Crippen LogP contribution is 2.39. The number of unbranched alkanes of at least 4 members (excludes halogenated alkanes) is 2. The summed E-state index contributed by atoms with van der Waals surface area (Å²) in [4.78, 5) is 35.3. The van der Waals surface area contributed by atoms with Gasteiger partial charge in [-0.25, -0.2) is 0 Å². The molecule has 3 aromatic carbocycles. The summed E-state index contributed by atoms with van der Waals surface area (Å²) in [5, 5.41) is 23.8. The third kappa shape index (κ3) is 10.5. The van der Waals surface area contributed by atoms with Crippen LogP contribution in [-0.4, -0.2) is 39.9 Å². The van der Waals surface area contributed by atoms with Crippen molar-refractivity contribution in [1.82, 2.24) is 0 Å². The van der Waals surface area contributed by atoms with Gasteiger partial charge in [0.2, 0.25) is 11.8 Å². The average molecular weight is 607 g/mol. The van der Waals surface area contributed by atoms with Crippen molar-refractivity contribution < 1.29 is 34.1 Å². The summed E-state index contributed by atoms with van der Waals surface area (Å²) in [5.74, 6) is -0.339. The summed E-state index contributed by atoms with van der Waals surface area (Å²) >= 11 is 1.67. The van der Waals surface area contributed by atoms with Crippen LogP contribution in [-0.2, 0) is 30.5 Å². The second kappa shape index (κ2) is 16.2. The molecule has 3 unspecified atom stereocenters. The van der Waals surface area contributed by atoms with Gasteiger partial charge in [0.1, 0.15) is 0 Å². The van der Waals surface area contributed by atoms with Gasteiger partial charge >= 0.3 is 5.97 Å². The predicted molar refractivity (Wildman–Crippen MR) is 166 cm³/mol. The first-order valence-electron chi connectivity index (χ1n) is 14.4. The molecule has 0 spiro atoms. The largest absolute Gasteiger partial charge is 0.481 e. The van der Waals surface area contributed by atoms with E-state index in [-0.39, 0.29) is 37.0 Å². The highest BCUT2D eigenvalue weighted by Gasteiger charge is 2.32. The van der Waals surface area contributed by atoms with E-state index in [0.717, 1.165) is 27.3 Å². The van der Waals surface area contributed by atoms with Crippen LogP contribution in [0.5, 0.6) is 0 Å². The molecular formula is C33H38N2O7S. The first-order chi connectivity index (χ1) is 20.8. The van der Waals surface area contributed by atoms with Crippen LogP contribution < -0.4 is 10.6 Å². The van der Waals surface area contributed by atoms with Gasteiger partial charge in [-0.15, -0.1) is 11.8 Å². The minimum absolute atomic E-state index is 0.0227. The lowest BCUT2D eigenvalue weighted by Crippen LogP contribution is -2.31. The number of carbonyl (C=O) groups excluding carboxylic acids is 2. The summed E-state index contributed by atoms with van der Waals surface area (Å²) < 4.78 is 12.8. The first-order valence-corrected chi connectivity index (χ1v) is 15.4. The molecule has 4 N–H and O–H groups in total. The zero-order valence-electron chi connectivity index (χ0n) is 24.2. The molecule has 3 aromatic rings. The molecule has 4 rings (SSSR count). The smallest absolute Gasteiger partial charge is 0.303 e. The van der Waals surface area contributed by atoms with Crippen LogP contribution in [0.3, 0.4) is 0 Å². The number of hydrogen-bond donors (Lipinski definition) is 4. The molecule has 1 aliphatic rings. The van der Waals surface area contributed by atoms with Crippen LogP contribution >= 0.6 is 11.8 Å². The molecular weight excluding hydrogens is 568 g/mol. The van der Waals surface area contributed by atoms with Crippen molar-refractivity contribution in [1.29, 1.82) is 0 Å². The molecule has 0 saturated carbocycles. The van der Waals surface area contributed by atoms with E-state index in [1.54, 1.807) is 11.8 Å². The van der Waals surface area contributed by atoms with Gasteiger partial charge in [-0.2, -0.15) is 0 Å². The second-order valence-corrected chi connectivity index (χ2v) is 11.6. The molecule has 10 heteroatoms. The van der Waals surface area contributed by atoms with E-state index in [2.05, 4.69) is 10.6 Å². The average Bonchev–Trinajstić information content (AvgIpc) is 3.00. The highest BCUT2D eigenvalue weighted by molar-refractivity contribution is 7.99. The number of anilines is 2. The van der Waals surface area contributed by atoms with Crippen LogP contribution in [0.2, 0.25) is 0 Å². The number of carboxylic acids is 1. The molecule has 3 atom stereocenters. The topological polar surface area (TPSA) is 134 Å². The zero-order chi connectivity index (χ0) is 30.6. The lowest BCUT2D eigenvalue weighted by Gasteiger charge is -2.36. The standard InChI is InChI=1S/C33H38N2O7S/c1-22(37)34-26-15-17-29(18-16-26)43-21-28-19-30(24-9-7-23(20-36)8-10-24)42-33(41-28)25-11-13-27(14-12-25)35-31(38)5-3-2-4-6-32(39)40/h7-18,28,30,33,36H,2-6,19-21H2,1H3,(H,34,37)(H,35,38)(H,39,40). The molecule has 1 fully saturated rings. The Morgan fingerprint density at radius 1 is 0.814 bits per heavy atom. The number of aliphatic carboxylic acids is 1. The Morgan fingerprint density at radius 2 is 1.44 bits per heavy atom. The number of amides is 2. The van der Waals surface area contributed by atoms with Gasteiger partial charge in [0.15, 0.2) is 6.29 Å². The van der Waals surface area contributed by atoms with E-state index < -0.39 is 12.3 Å². The van der Waals surface area contributed by atoms with Crippen LogP contribution in [0.4, 0.5) is 11.4 Å². The summed E-state index contributed by atoms with van der Waals surface area (Å²) in [6.45, 7) is 1.46. The van der Waals surface area contributed by atoms with E-state index in [0.29, 0.717) is 43.5 Å². The van der Waals surface area contributed by atoms with Gasteiger partial charge in [0, 0.05) is 53.8 Å². The van der Waals surface area contributed by atoms with Crippen molar-refractivity contribution in [2.45, 2.75) is 75.4 Å². The molecule has 228 valence electrons. The van der Waals surface area contributed by atoms with Crippen LogP contribution in [0.1, 0.15) is 74.5 Å². The molecule has 9 nitrogen and oxygen atoms in total. The van der Waals surface area contributed by atoms with Gasteiger partial charge < -0.3 is 30.3 Å². The quantitative estimate of drug-likeness (QED) is 0.122.